The van der Waals surface area contributed by atoms with Crippen LogP contribution in [0, 0.1) is 0 Å². The minimum absolute atomic E-state index is 0.232. The first-order valence-electron chi connectivity index (χ1n) is 20.3. The molecular weight excluding hydrogens is 821 g/mol. The van der Waals surface area contributed by atoms with E-state index >= 15 is 0 Å². The van der Waals surface area contributed by atoms with Crippen LogP contribution in [0.3, 0.4) is 0 Å². The van der Waals surface area contributed by atoms with Gasteiger partial charge in [0, 0.05) is 35.4 Å². The number of carbonyl (C=O) groups excluding carboxylic acids is 4. The van der Waals surface area contributed by atoms with Crippen molar-refractivity contribution in [2.45, 2.75) is 39.5 Å². The van der Waals surface area contributed by atoms with Gasteiger partial charge in [-0.2, -0.15) is 10.2 Å². The molecule has 4 aromatic carbocycles. The number of methoxy groups -OCH3 is 2. The molecule has 0 aliphatic heterocycles. The highest BCUT2D eigenvalue weighted by molar-refractivity contribution is 6.02. The highest BCUT2D eigenvalue weighted by Gasteiger charge is 2.13. The van der Waals surface area contributed by atoms with Crippen LogP contribution in [-0.4, -0.2) is 75.9 Å². The number of hydrogen-bond donors (Lipinski definition) is 0. The Kier molecular flexibility index (Phi) is 20.3. The van der Waals surface area contributed by atoms with Crippen molar-refractivity contribution in [3.63, 3.8) is 0 Å². The number of rotatable bonds is 25. The molecule has 0 heterocycles. The molecule has 0 unspecified atom stereocenters. The number of esters is 4. The van der Waals surface area contributed by atoms with Crippen molar-refractivity contribution in [2.75, 3.05) is 40.6 Å². The fraction of sp³-hybridized carbons (Fsp3) is 0.240. The molecule has 4 rings (SSSR count). The Morgan fingerprint density at radius 3 is 1.23 bits per heavy atom. The van der Waals surface area contributed by atoms with Crippen molar-refractivity contribution in [3.8, 4) is 34.5 Å². The van der Waals surface area contributed by atoms with E-state index in [2.05, 4.69) is 23.4 Å². The predicted molar refractivity (Wildman–Crippen MR) is 244 cm³/mol. The fourth-order valence-corrected chi connectivity index (χ4v) is 5.43. The lowest BCUT2D eigenvalue weighted by molar-refractivity contribution is -0.138. The first-order valence-corrected chi connectivity index (χ1v) is 20.3. The third-order valence-electron chi connectivity index (χ3n) is 8.95. The quantitative estimate of drug-likeness (QED) is 0.0155. The molecule has 0 saturated carbocycles. The van der Waals surface area contributed by atoms with Gasteiger partial charge in [-0.3, -0.25) is 0 Å². The molecule has 0 aliphatic rings. The Bertz CT molecular complexity index is 2180. The monoisotopic (exact) mass is 872 g/mol. The van der Waals surface area contributed by atoms with Crippen LogP contribution in [0.4, 0.5) is 0 Å². The van der Waals surface area contributed by atoms with E-state index in [0.717, 1.165) is 36.1 Å². The van der Waals surface area contributed by atoms with Crippen molar-refractivity contribution in [1.82, 2.24) is 0 Å². The van der Waals surface area contributed by atoms with Crippen molar-refractivity contribution in [3.05, 3.63) is 145 Å². The molecule has 4 aromatic rings. The molecule has 0 radical (unpaired) electrons. The predicted octanol–water partition coefficient (Wildman–Crippen LogP) is 8.95. The average molecular weight is 873 g/mol. The summed E-state index contributed by atoms with van der Waals surface area (Å²) in [5.74, 6) is 0.411. The van der Waals surface area contributed by atoms with Crippen molar-refractivity contribution in [2.24, 2.45) is 10.2 Å². The van der Waals surface area contributed by atoms with Gasteiger partial charge in [-0.05, 0) is 123 Å². The summed E-state index contributed by atoms with van der Waals surface area (Å²) in [6.07, 6.45) is 11.0. The second-order valence-electron chi connectivity index (χ2n) is 13.6. The van der Waals surface area contributed by atoms with Gasteiger partial charge in [0.05, 0.1) is 52.1 Å². The number of ether oxygens (including phenoxy) is 8. The molecule has 334 valence electrons. The molecule has 0 spiro atoms. The zero-order chi connectivity index (χ0) is 46.1. The summed E-state index contributed by atoms with van der Waals surface area (Å²) in [4.78, 5) is 47.6. The van der Waals surface area contributed by atoms with E-state index in [1.807, 2.05) is 24.3 Å². The van der Waals surface area contributed by atoms with Crippen LogP contribution in [0.15, 0.2) is 133 Å². The van der Waals surface area contributed by atoms with Gasteiger partial charge in [0.1, 0.15) is 11.5 Å². The van der Waals surface area contributed by atoms with Crippen molar-refractivity contribution < 1.29 is 57.1 Å². The Morgan fingerprint density at radius 2 is 0.875 bits per heavy atom. The molecule has 0 N–H and O–H groups in total. The third-order valence-corrected chi connectivity index (χ3v) is 8.95. The van der Waals surface area contributed by atoms with Crippen LogP contribution in [0.2, 0.25) is 0 Å². The van der Waals surface area contributed by atoms with Gasteiger partial charge in [0.25, 0.3) is 0 Å². The zero-order valence-corrected chi connectivity index (χ0v) is 36.4. The highest BCUT2D eigenvalue weighted by Crippen LogP contribution is 2.30. The summed E-state index contributed by atoms with van der Waals surface area (Å²) >= 11 is 0. The maximum Gasteiger partial charge on any atom is 0.336 e. The normalized spacial score (nSPS) is 11.4. The number of hydrogen-bond acceptors (Lipinski definition) is 14. The molecule has 64 heavy (non-hydrogen) atoms. The van der Waals surface area contributed by atoms with E-state index in [9.17, 15) is 19.2 Å². The lowest BCUT2D eigenvalue weighted by Crippen LogP contribution is -2.06. The topological polar surface area (TPSA) is 167 Å². The van der Waals surface area contributed by atoms with Gasteiger partial charge in [0.15, 0.2) is 23.0 Å². The molecule has 0 aromatic heterocycles. The molecule has 14 heteroatoms. The molecule has 0 amide bonds. The van der Waals surface area contributed by atoms with E-state index in [0.29, 0.717) is 84.8 Å². The molecule has 0 atom stereocenters. The fourth-order valence-electron chi connectivity index (χ4n) is 5.43. The first-order chi connectivity index (χ1) is 31.0. The van der Waals surface area contributed by atoms with Crippen LogP contribution in [-0.2, 0) is 28.7 Å². The lowest BCUT2D eigenvalue weighted by atomic mass is 10.1. The van der Waals surface area contributed by atoms with E-state index in [1.54, 1.807) is 86.7 Å². The summed E-state index contributed by atoms with van der Waals surface area (Å²) in [5, 5.41) is 8.80. The molecule has 0 aliphatic carbocycles. The maximum absolute atomic E-state index is 12.7. The number of benzene rings is 4. The second-order valence-corrected chi connectivity index (χ2v) is 13.6. The second kappa shape index (κ2) is 26.6. The highest BCUT2D eigenvalue weighted by atomic mass is 16.6. The SMILES string of the molecule is C=CC(=O)OCCCCOc1ccc(C=CC(=O)Oc2ccc(C(C)=NN=C(C)c3ccc(OC(=O)C=Cc4ccc(OCCCCOC(=O)C=C)cc4)c(OC)c3)cc2OC)cc1. The van der Waals surface area contributed by atoms with Gasteiger partial charge >= 0.3 is 23.9 Å². The van der Waals surface area contributed by atoms with Crippen LogP contribution in [0.5, 0.6) is 34.5 Å². The van der Waals surface area contributed by atoms with Crippen LogP contribution >= 0.6 is 0 Å². The maximum atomic E-state index is 12.7. The number of carbonyl (C=O) groups is 4. The Hall–Kier alpha value is -7.74. The number of unbranched alkanes of at least 4 members (excludes halogenated alkanes) is 2. The van der Waals surface area contributed by atoms with Gasteiger partial charge < -0.3 is 37.9 Å². The smallest absolute Gasteiger partial charge is 0.336 e. The Balaban J connectivity index is 1.26. The first kappa shape index (κ1) is 48.9. The minimum atomic E-state index is -0.591. The van der Waals surface area contributed by atoms with E-state index < -0.39 is 23.9 Å². The summed E-state index contributed by atoms with van der Waals surface area (Å²) in [6.45, 7) is 11.9. The minimum Gasteiger partial charge on any atom is -0.494 e. The van der Waals surface area contributed by atoms with Gasteiger partial charge in [-0.25, -0.2) is 19.2 Å². The summed E-state index contributed by atoms with van der Waals surface area (Å²) in [5.41, 5.74) is 4.08. The lowest BCUT2D eigenvalue weighted by Gasteiger charge is -2.10. The van der Waals surface area contributed by atoms with Gasteiger partial charge in [-0.1, -0.05) is 37.4 Å². The third kappa shape index (κ3) is 17.0. The zero-order valence-electron chi connectivity index (χ0n) is 36.4. The van der Waals surface area contributed by atoms with Crippen LogP contribution < -0.4 is 28.4 Å². The molecule has 0 saturated heterocycles. The Labute approximate surface area is 373 Å². The summed E-state index contributed by atoms with van der Waals surface area (Å²) in [7, 11) is 2.95. The van der Waals surface area contributed by atoms with E-state index in [-0.39, 0.29) is 11.5 Å². The van der Waals surface area contributed by atoms with E-state index in [4.69, 9.17) is 37.9 Å². The van der Waals surface area contributed by atoms with Gasteiger partial charge in [0.2, 0.25) is 0 Å². The van der Waals surface area contributed by atoms with Crippen LogP contribution in [0.1, 0.15) is 61.8 Å². The standard InChI is InChI=1S/C50H52N2O12/c1-7-47(53)61-31-11-9-29-59-41-21-13-37(14-22-41)17-27-49(55)63-43-25-19-39(33-45(43)57-5)35(3)51-52-36(4)40-20-26-44(46(34-40)58-6)64-50(56)28-18-38-15-23-42(24-16-38)60-30-10-12-32-62-48(54)8-2/h7-8,13-28,33-34H,1-2,9-12,29-32H2,3-6H3. The molecule has 14 nitrogen and oxygen atoms in total. The Morgan fingerprint density at radius 1 is 0.500 bits per heavy atom. The molecule has 0 bridgehead atoms. The van der Waals surface area contributed by atoms with Crippen LogP contribution in [0.25, 0.3) is 12.2 Å². The van der Waals surface area contributed by atoms with Crippen molar-refractivity contribution in [1.29, 1.82) is 0 Å². The summed E-state index contributed by atoms with van der Waals surface area (Å²) < 4.78 is 43.5. The molecule has 0 fully saturated rings. The number of nitrogens with zero attached hydrogens (tertiary/aromatic N) is 2. The van der Waals surface area contributed by atoms with Gasteiger partial charge in [-0.15, -0.1) is 0 Å². The largest absolute Gasteiger partial charge is 0.494 e. The molecular formula is C50H52N2O12. The van der Waals surface area contributed by atoms with Crippen molar-refractivity contribution >= 4 is 47.5 Å². The van der Waals surface area contributed by atoms with E-state index in [1.165, 1.54) is 26.4 Å². The average Bonchev–Trinajstić information content (AvgIpc) is 3.32. The summed E-state index contributed by atoms with van der Waals surface area (Å²) in [6, 6.07) is 24.6.